The third-order valence-electron chi connectivity index (χ3n) is 13.7. The minimum atomic E-state index is -1.47. The van der Waals surface area contributed by atoms with Crippen molar-refractivity contribution in [2.45, 2.75) is 217 Å². The van der Waals surface area contributed by atoms with Crippen LogP contribution in [0.15, 0.2) is 11.6 Å². The van der Waals surface area contributed by atoms with Crippen molar-refractivity contribution in [2.24, 2.45) is 17.8 Å². The van der Waals surface area contributed by atoms with Crippen molar-refractivity contribution in [1.29, 1.82) is 0 Å². The maximum Gasteiger partial charge on any atom is 0.332 e. The van der Waals surface area contributed by atoms with Crippen LogP contribution in [0.25, 0.3) is 0 Å². The number of likely N-dealkylation sites (N-methyl/N-ethyl adjacent to an activating group) is 1. The van der Waals surface area contributed by atoms with Gasteiger partial charge in [-0.1, -0.05) is 25.5 Å². The molecule has 21 heteroatoms. The lowest BCUT2D eigenvalue weighted by molar-refractivity contribution is -0.342. The van der Waals surface area contributed by atoms with Gasteiger partial charge in [0.1, 0.15) is 55.1 Å². The first-order valence-corrected chi connectivity index (χ1v) is 24.2. The van der Waals surface area contributed by atoms with Crippen LogP contribution in [0.5, 0.6) is 0 Å². The van der Waals surface area contributed by atoms with Gasteiger partial charge in [-0.3, -0.25) is 4.79 Å². The van der Waals surface area contributed by atoms with Crippen LogP contribution in [0.1, 0.15) is 101 Å². The van der Waals surface area contributed by atoms with Crippen LogP contribution in [0.4, 0.5) is 0 Å². The zero-order valence-corrected chi connectivity index (χ0v) is 42.8. The Morgan fingerprint density at radius 2 is 1.55 bits per heavy atom. The summed E-state index contributed by atoms with van der Waals surface area (Å²) in [7, 11) is 6.53. The molecule has 0 aliphatic carbocycles. The fourth-order valence-corrected chi connectivity index (χ4v) is 9.53. The van der Waals surface area contributed by atoms with Crippen LogP contribution < -0.4 is 0 Å². The van der Waals surface area contributed by atoms with Crippen molar-refractivity contribution in [2.75, 3.05) is 41.5 Å². The van der Waals surface area contributed by atoms with E-state index < -0.39 is 146 Å². The summed E-state index contributed by atoms with van der Waals surface area (Å²) >= 11 is 0. The van der Waals surface area contributed by atoms with E-state index in [1.807, 2.05) is 26.8 Å². The molecule has 3 fully saturated rings. The number of esters is 1. The topological polar surface area (TPSA) is 288 Å². The normalized spacial score (nSPS) is 43.4. The fourth-order valence-electron chi connectivity index (χ4n) is 9.53. The van der Waals surface area contributed by atoms with E-state index in [1.165, 1.54) is 28.1 Å². The molecule has 0 aromatic carbocycles. The number of carbonyl (C=O) groups excluding carboxylic acids is 2. The molecule has 0 aromatic heterocycles. The summed E-state index contributed by atoms with van der Waals surface area (Å²) in [6.07, 6.45) is -11.3. The quantitative estimate of drug-likeness (QED) is 0.0734. The molecule has 7 N–H and O–H groups in total. The smallest absolute Gasteiger partial charge is 0.332 e. The molecule has 0 spiro atoms. The molecule has 4 heterocycles. The molecular formula is C48H85NO20. The molecule has 4 aliphatic heterocycles. The Hall–Kier alpha value is -2.29. The Morgan fingerprint density at radius 1 is 0.928 bits per heavy atom. The molecule has 0 aromatic rings. The number of rotatable bonds is 14. The molecule has 0 amide bonds. The van der Waals surface area contributed by atoms with Crippen molar-refractivity contribution < 1.29 is 97.5 Å². The third kappa shape index (κ3) is 17.1. The molecule has 22 atom stereocenters. The fraction of sp³-hybridized carbons (Fsp3) is 0.896. The summed E-state index contributed by atoms with van der Waals surface area (Å²) in [5.74, 6) is -3.56. The van der Waals surface area contributed by atoms with Crippen LogP contribution in [-0.2, 0) is 61.8 Å². The van der Waals surface area contributed by atoms with Crippen molar-refractivity contribution in [3.63, 3.8) is 0 Å². The van der Waals surface area contributed by atoms with Crippen molar-refractivity contribution >= 4 is 18.2 Å². The molecule has 3 saturated heterocycles. The summed E-state index contributed by atoms with van der Waals surface area (Å²) in [5, 5.41) is 71.5. The van der Waals surface area contributed by atoms with Crippen LogP contribution >= 0.6 is 0 Å². The number of methoxy groups -OCH3 is 2. The first-order valence-electron chi connectivity index (χ1n) is 24.2. The molecule has 21 nitrogen and oxygen atoms in total. The first-order chi connectivity index (χ1) is 32.3. The van der Waals surface area contributed by atoms with E-state index in [2.05, 4.69) is 0 Å². The van der Waals surface area contributed by atoms with Crippen molar-refractivity contribution in [1.82, 2.24) is 4.90 Å². The number of hydrogen-bond acceptors (Lipinski definition) is 20. The van der Waals surface area contributed by atoms with Gasteiger partial charge in [0.15, 0.2) is 18.9 Å². The van der Waals surface area contributed by atoms with Gasteiger partial charge in [0.25, 0.3) is 0 Å². The number of carboxylic acids is 1. The number of cyclic esters (lactones) is 1. The summed E-state index contributed by atoms with van der Waals surface area (Å²) in [4.78, 5) is 37.3. The monoisotopic (exact) mass is 996 g/mol. The number of nitrogens with zero attached hydrogens (tertiary/aromatic N) is 1. The highest BCUT2D eigenvalue weighted by Gasteiger charge is 2.52. The van der Waals surface area contributed by atoms with Crippen LogP contribution in [0, 0.1) is 17.8 Å². The van der Waals surface area contributed by atoms with E-state index in [-0.39, 0.29) is 25.6 Å². The predicted molar refractivity (Wildman–Crippen MR) is 246 cm³/mol. The van der Waals surface area contributed by atoms with Gasteiger partial charge in [-0.05, 0) is 87.7 Å². The van der Waals surface area contributed by atoms with Gasteiger partial charge in [0, 0.05) is 38.9 Å². The number of aliphatic hydroxyl groups excluding tert-OH is 5. The lowest BCUT2D eigenvalue weighted by Crippen LogP contribution is -2.65. The molecule has 0 saturated carbocycles. The number of ether oxygens (including phenoxy) is 10. The van der Waals surface area contributed by atoms with E-state index in [1.54, 1.807) is 46.7 Å². The summed E-state index contributed by atoms with van der Waals surface area (Å²) in [6, 6.07) is -0.705. The minimum Gasteiger partial charge on any atom is -0.479 e. The van der Waals surface area contributed by atoms with E-state index in [0.717, 1.165) is 11.9 Å². The zero-order valence-electron chi connectivity index (χ0n) is 42.8. The Bertz CT molecular complexity index is 1580. The molecule has 402 valence electrons. The number of aldehydes is 1. The lowest BCUT2D eigenvalue weighted by atomic mass is 9.82. The van der Waals surface area contributed by atoms with E-state index >= 15 is 0 Å². The highest BCUT2D eigenvalue weighted by atomic mass is 16.7. The molecule has 2 unspecified atom stereocenters. The second-order valence-electron chi connectivity index (χ2n) is 19.7. The Kier molecular flexibility index (Phi) is 25.0. The standard InChI is InChI=1S/C45H79NO17.C3H6O3/c1-13-32-30(22-57-44-41(55-12)40(54-11)36(50)26(5)59-44)18-23(2)15-17-56-24(3)19-29(14-16-47)38(25(4)31(48)20-33(49)61-32)63-43-37(51)35(46(9)10)39(27(6)60-43)62-34-21-45(8,53)42(52)28(7)58-34;1-2(4)3(5)6/h16,18,24-32,34-44,48,50-53H,13-15,17,19-22H2,1-12H3;2,4H,1H3,(H,5,6)/b23-18+;/t24-,25+,26-,27-,28+,29+,30-,31-,32-,34+,35?,36-,37-,38-,39-,40-,41-,42+,43+,44-,45-;/m1./s1. The molecule has 4 aliphatic rings. The zero-order chi connectivity index (χ0) is 52.1. The number of hydrogen-bond donors (Lipinski definition) is 7. The summed E-state index contributed by atoms with van der Waals surface area (Å²) in [5.41, 5.74) is -0.506. The van der Waals surface area contributed by atoms with E-state index in [4.69, 9.17) is 57.6 Å². The highest BCUT2D eigenvalue weighted by molar-refractivity contribution is 5.71. The van der Waals surface area contributed by atoms with Gasteiger partial charge < -0.3 is 92.8 Å². The van der Waals surface area contributed by atoms with Crippen molar-refractivity contribution in [3.05, 3.63) is 11.6 Å². The van der Waals surface area contributed by atoms with Gasteiger partial charge in [-0.15, -0.1) is 0 Å². The molecule has 4 rings (SSSR count). The van der Waals surface area contributed by atoms with Gasteiger partial charge in [0.05, 0.1) is 67.9 Å². The molecule has 69 heavy (non-hydrogen) atoms. The van der Waals surface area contributed by atoms with Crippen LogP contribution in [0.3, 0.4) is 0 Å². The highest BCUT2D eigenvalue weighted by Crippen LogP contribution is 2.37. The average molecular weight is 996 g/mol. The van der Waals surface area contributed by atoms with E-state index in [9.17, 15) is 39.9 Å². The number of aliphatic hydroxyl groups is 6. The molecule has 0 radical (unpaired) electrons. The van der Waals surface area contributed by atoms with Crippen LogP contribution in [0.2, 0.25) is 0 Å². The summed E-state index contributed by atoms with van der Waals surface area (Å²) in [6.45, 7) is 15.8. The Morgan fingerprint density at radius 3 is 2.10 bits per heavy atom. The Balaban J connectivity index is 0.00000197. The lowest BCUT2D eigenvalue weighted by Gasteiger charge is -2.50. The average Bonchev–Trinajstić information content (AvgIpc) is 3.26. The van der Waals surface area contributed by atoms with Crippen LogP contribution in [-0.4, -0.2) is 216 Å². The second-order valence-corrected chi connectivity index (χ2v) is 19.7. The van der Waals surface area contributed by atoms with Gasteiger partial charge in [-0.25, -0.2) is 4.79 Å². The first kappa shape index (κ1) is 61.0. The number of carbonyl (C=O) groups is 3. The second kappa shape index (κ2) is 28.2. The van der Waals surface area contributed by atoms with E-state index in [0.29, 0.717) is 25.9 Å². The maximum atomic E-state index is 13.8. The number of carboxylic acid groups (broad SMARTS) is 1. The SMILES string of the molecule is CC(O)C(=O)O.CC[C@H]1OC(=O)C[C@@H](O)[C@H](C)[C@@H](O[C@@H]2O[C@H](C)[C@@H](O[C@H]3C[C@@](C)(O)[C@@H](O)[C@H](C)O3)C(N(C)C)[C@H]2O)[C@@H](CC=O)C[C@@H](C)OCC/C(C)=C/[C@@H]1CO[C@@H]1O[C@H](C)[C@@H](O)[C@@H](OC)[C@H]1OC. The number of aliphatic carboxylic acids is 1. The largest absolute Gasteiger partial charge is 0.479 e. The van der Waals surface area contributed by atoms with Gasteiger partial charge in [-0.2, -0.15) is 0 Å². The minimum absolute atomic E-state index is 0.0145. The van der Waals surface area contributed by atoms with Crippen molar-refractivity contribution in [3.8, 4) is 0 Å². The third-order valence-corrected chi connectivity index (χ3v) is 13.7. The van der Waals surface area contributed by atoms with Gasteiger partial charge >= 0.3 is 11.9 Å². The maximum absolute atomic E-state index is 13.8. The molecular weight excluding hydrogens is 911 g/mol. The molecule has 0 bridgehead atoms. The summed E-state index contributed by atoms with van der Waals surface area (Å²) < 4.78 is 61.2. The predicted octanol–water partition coefficient (Wildman–Crippen LogP) is 1.32. The Labute approximate surface area is 407 Å². The van der Waals surface area contributed by atoms with Gasteiger partial charge in [0.2, 0.25) is 0 Å².